The molecule has 0 heterocycles. The fraction of sp³-hybridized carbons (Fsp3) is 0.455. The zero-order valence-electron chi connectivity index (χ0n) is 9.17. The SMILES string of the molecule is CN(C)c1ccc(F)cc1C(F)(F)CCO. The topological polar surface area (TPSA) is 23.5 Å². The van der Waals surface area contributed by atoms with Crippen LogP contribution in [-0.2, 0) is 5.92 Å². The molecule has 0 radical (unpaired) electrons. The minimum absolute atomic E-state index is 0.250. The minimum Gasteiger partial charge on any atom is -0.396 e. The Kier molecular flexibility index (Phi) is 3.80. The van der Waals surface area contributed by atoms with Gasteiger partial charge in [0, 0.05) is 38.4 Å². The van der Waals surface area contributed by atoms with Crippen LogP contribution >= 0.6 is 0 Å². The highest BCUT2D eigenvalue weighted by Gasteiger charge is 2.34. The Morgan fingerprint density at radius 2 is 1.94 bits per heavy atom. The number of nitrogens with zero attached hydrogens (tertiary/aromatic N) is 1. The van der Waals surface area contributed by atoms with E-state index in [2.05, 4.69) is 0 Å². The second kappa shape index (κ2) is 4.74. The highest BCUT2D eigenvalue weighted by molar-refractivity contribution is 5.54. The van der Waals surface area contributed by atoms with Crippen LogP contribution in [0.3, 0.4) is 0 Å². The number of hydrogen-bond donors (Lipinski definition) is 1. The third kappa shape index (κ3) is 2.66. The quantitative estimate of drug-likeness (QED) is 0.863. The van der Waals surface area contributed by atoms with E-state index in [9.17, 15) is 13.2 Å². The van der Waals surface area contributed by atoms with E-state index in [0.717, 1.165) is 12.1 Å². The van der Waals surface area contributed by atoms with Crippen molar-refractivity contribution in [1.29, 1.82) is 0 Å². The first-order valence-corrected chi connectivity index (χ1v) is 4.84. The molecule has 0 saturated carbocycles. The van der Waals surface area contributed by atoms with Gasteiger partial charge >= 0.3 is 0 Å². The van der Waals surface area contributed by atoms with Gasteiger partial charge in [-0.15, -0.1) is 0 Å². The number of alkyl halides is 2. The van der Waals surface area contributed by atoms with E-state index >= 15 is 0 Å². The van der Waals surface area contributed by atoms with Gasteiger partial charge in [-0.25, -0.2) is 13.2 Å². The van der Waals surface area contributed by atoms with Crippen LogP contribution in [0, 0.1) is 5.82 Å². The molecule has 16 heavy (non-hydrogen) atoms. The second-order valence-corrected chi connectivity index (χ2v) is 3.73. The van der Waals surface area contributed by atoms with Crippen LogP contribution < -0.4 is 4.90 Å². The van der Waals surface area contributed by atoms with Gasteiger partial charge in [0.1, 0.15) is 5.82 Å². The minimum atomic E-state index is -3.23. The summed E-state index contributed by atoms with van der Waals surface area (Å²) in [5.74, 6) is -3.94. The van der Waals surface area contributed by atoms with E-state index in [1.165, 1.54) is 11.0 Å². The summed E-state index contributed by atoms with van der Waals surface area (Å²) in [6.45, 7) is -0.642. The summed E-state index contributed by atoms with van der Waals surface area (Å²) >= 11 is 0. The molecule has 1 N–H and O–H groups in total. The van der Waals surface area contributed by atoms with Crippen molar-refractivity contribution in [2.75, 3.05) is 25.6 Å². The van der Waals surface area contributed by atoms with Crippen LogP contribution in [0.15, 0.2) is 18.2 Å². The van der Waals surface area contributed by atoms with Gasteiger partial charge in [-0.1, -0.05) is 0 Å². The summed E-state index contributed by atoms with van der Waals surface area (Å²) in [6.07, 6.45) is -0.711. The first-order chi connectivity index (χ1) is 7.38. The van der Waals surface area contributed by atoms with Crippen LogP contribution in [0.4, 0.5) is 18.9 Å². The Labute approximate surface area is 92.3 Å². The number of anilines is 1. The molecule has 1 aromatic carbocycles. The maximum atomic E-state index is 13.6. The highest BCUT2D eigenvalue weighted by Crippen LogP contribution is 2.37. The zero-order valence-corrected chi connectivity index (χ0v) is 9.17. The lowest BCUT2D eigenvalue weighted by molar-refractivity contribution is -0.0267. The van der Waals surface area contributed by atoms with Gasteiger partial charge in [-0.3, -0.25) is 0 Å². The van der Waals surface area contributed by atoms with Crippen molar-refractivity contribution < 1.29 is 18.3 Å². The number of benzene rings is 1. The number of hydrogen-bond acceptors (Lipinski definition) is 2. The number of rotatable bonds is 4. The molecule has 0 spiro atoms. The molecule has 0 atom stereocenters. The van der Waals surface area contributed by atoms with Crippen molar-refractivity contribution in [3.05, 3.63) is 29.6 Å². The molecule has 2 nitrogen and oxygen atoms in total. The van der Waals surface area contributed by atoms with E-state index in [1.807, 2.05) is 0 Å². The van der Waals surface area contributed by atoms with Crippen molar-refractivity contribution >= 4 is 5.69 Å². The lowest BCUT2D eigenvalue weighted by Gasteiger charge is -2.23. The fourth-order valence-corrected chi connectivity index (χ4v) is 1.47. The molecular formula is C11H14F3NO. The summed E-state index contributed by atoms with van der Waals surface area (Å²) in [5.41, 5.74) is -0.147. The van der Waals surface area contributed by atoms with E-state index in [1.54, 1.807) is 14.1 Å². The van der Waals surface area contributed by atoms with Crippen molar-refractivity contribution in [2.45, 2.75) is 12.3 Å². The lowest BCUT2D eigenvalue weighted by atomic mass is 10.0. The maximum absolute atomic E-state index is 13.6. The van der Waals surface area contributed by atoms with Crippen LogP contribution in [0.25, 0.3) is 0 Å². The summed E-state index contributed by atoms with van der Waals surface area (Å²) in [6, 6.07) is 3.24. The molecule has 0 aliphatic carbocycles. The molecule has 0 unspecified atom stereocenters. The highest BCUT2D eigenvalue weighted by atomic mass is 19.3. The largest absolute Gasteiger partial charge is 0.396 e. The van der Waals surface area contributed by atoms with Crippen molar-refractivity contribution in [3.63, 3.8) is 0 Å². The van der Waals surface area contributed by atoms with Crippen molar-refractivity contribution in [3.8, 4) is 0 Å². The molecule has 5 heteroatoms. The van der Waals surface area contributed by atoms with E-state index in [4.69, 9.17) is 5.11 Å². The normalized spacial score (nSPS) is 11.6. The third-order valence-electron chi connectivity index (χ3n) is 2.26. The molecule has 0 aliphatic rings. The molecule has 0 amide bonds. The molecule has 1 aromatic rings. The van der Waals surface area contributed by atoms with E-state index < -0.39 is 30.3 Å². The zero-order chi connectivity index (χ0) is 12.3. The predicted molar refractivity (Wildman–Crippen MR) is 56.3 cm³/mol. The Morgan fingerprint density at radius 1 is 1.31 bits per heavy atom. The van der Waals surface area contributed by atoms with Crippen molar-refractivity contribution in [2.24, 2.45) is 0 Å². The summed E-state index contributed by atoms with van der Waals surface area (Å²) in [5, 5.41) is 8.57. The standard InChI is InChI=1S/C11H14F3NO/c1-15(2)10-4-3-8(12)7-9(10)11(13,14)5-6-16/h3-4,7,16H,5-6H2,1-2H3. The summed E-state index contributed by atoms with van der Waals surface area (Å²) in [7, 11) is 3.21. The molecule has 90 valence electrons. The molecule has 0 bridgehead atoms. The van der Waals surface area contributed by atoms with Gasteiger partial charge < -0.3 is 10.0 Å². The van der Waals surface area contributed by atoms with Crippen LogP contribution in [0.2, 0.25) is 0 Å². The van der Waals surface area contributed by atoms with Gasteiger partial charge in [0.15, 0.2) is 0 Å². The summed E-state index contributed by atoms with van der Waals surface area (Å²) in [4.78, 5) is 1.49. The lowest BCUT2D eigenvalue weighted by Crippen LogP contribution is -2.21. The molecule has 0 aliphatic heterocycles. The Hall–Kier alpha value is -1.23. The Balaban J connectivity index is 3.23. The number of aliphatic hydroxyl groups excluding tert-OH is 1. The van der Waals surface area contributed by atoms with Crippen LogP contribution in [0.1, 0.15) is 12.0 Å². The Bertz CT molecular complexity index is 366. The number of aliphatic hydroxyl groups is 1. The number of halogens is 3. The average molecular weight is 233 g/mol. The molecule has 0 aromatic heterocycles. The molecule has 1 rings (SSSR count). The van der Waals surface area contributed by atoms with Crippen LogP contribution in [0.5, 0.6) is 0 Å². The van der Waals surface area contributed by atoms with Crippen LogP contribution in [-0.4, -0.2) is 25.8 Å². The molecule has 0 fully saturated rings. The third-order valence-corrected chi connectivity index (χ3v) is 2.26. The smallest absolute Gasteiger partial charge is 0.277 e. The first-order valence-electron chi connectivity index (χ1n) is 4.84. The molecule has 0 saturated heterocycles. The first kappa shape index (κ1) is 12.8. The predicted octanol–water partition coefficient (Wildman–Crippen LogP) is 2.37. The second-order valence-electron chi connectivity index (χ2n) is 3.73. The van der Waals surface area contributed by atoms with Gasteiger partial charge in [-0.2, -0.15) is 0 Å². The fourth-order valence-electron chi connectivity index (χ4n) is 1.47. The van der Waals surface area contributed by atoms with Gasteiger partial charge in [0.2, 0.25) is 0 Å². The van der Waals surface area contributed by atoms with Gasteiger partial charge in [0.05, 0.1) is 0 Å². The average Bonchev–Trinajstić information content (AvgIpc) is 2.17. The van der Waals surface area contributed by atoms with Gasteiger partial charge in [-0.05, 0) is 18.2 Å². The molecular weight excluding hydrogens is 219 g/mol. The van der Waals surface area contributed by atoms with E-state index in [0.29, 0.717) is 0 Å². The summed E-state index contributed by atoms with van der Waals surface area (Å²) < 4.78 is 40.2. The van der Waals surface area contributed by atoms with Crippen molar-refractivity contribution in [1.82, 2.24) is 0 Å². The monoisotopic (exact) mass is 233 g/mol. The Morgan fingerprint density at radius 3 is 2.44 bits per heavy atom. The van der Waals surface area contributed by atoms with Gasteiger partial charge in [0.25, 0.3) is 5.92 Å². The van der Waals surface area contributed by atoms with E-state index in [-0.39, 0.29) is 5.69 Å². The maximum Gasteiger partial charge on any atom is 0.277 e.